The third kappa shape index (κ3) is 8.44. The molecule has 2 aliphatic rings. The highest BCUT2D eigenvalue weighted by Crippen LogP contribution is 2.66. The minimum atomic E-state index is -5.73. The molecule has 0 aliphatic carbocycles. The number of aromatic nitrogens is 6. The van der Waals surface area contributed by atoms with Gasteiger partial charge in [-0.25, -0.2) is 41.5 Å². The predicted molar refractivity (Wildman–Crippen MR) is 175 cm³/mol. The zero-order chi connectivity index (χ0) is 38.6. The normalized spacial score (nSPS) is 31.1. The third-order valence-electron chi connectivity index (χ3n) is 8.19. The van der Waals surface area contributed by atoms with E-state index in [1.54, 1.807) is 12.1 Å². The molecular formula is C25H37F2N8O15P3. The van der Waals surface area contributed by atoms with Crippen LogP contribution in [-0.4, -0.2) is 114 Å². The van der Waals surface area contributed by atoms with Crippen molar-refractivity contribution in [2.45, 2.75) is 69.2 Å². The first-order chi connectivity index (χ1) is 24.0. The van der Waals surface area contributed by atoms with Gasteiger partial charge < -0.3 is 55.8 Å². The highest BCUT2D eigenvalue weighted by atomic mass is 31.3. The van der Waals surface area contributed by atoms with Gasteiger partial charge in [-0.3, -0.25) is 4.52 Å². The topological polar surface area (TPSA) is 351 Å². The Balaban J connectivity index is 0.000000256. The molecule has 2 saturated heterocycles. The van der Waals surface area contributed by atoms with E-state index in [0.29, 0.717) is 16.7 Å². The number of nitrogens with zero attached hydrogens (tertiary/aromatic N) is 6. The van der Waals surface area contributed by atoms with Crippen molar-refractivity contribution < 1.29 is 80.0 Å². The molecule has 0 amide bonds. The van der Waals surface area contributed by atoms with Gasteiger partial charge in [0.1, 0.15) is 59.3 Å². The lowest BCUT2D eigenvalue weighted by Gasteiger charge is -2.26. The summed E-state index contributed by atoms with van der Waals surface area (Å²) >= 11 is 0. The second-order valence-electron chi connectivity index (χ2n) is 11.7. The SMILES string of the molecule is C.C[C@@]1(c2ccc3c(N)ncnn23)O[C@H](CO)[C@@H](O)[C@H]1F.C[C@@]1(c2ccc3c(N)ncnn23)O[C@H](COP(=O)(O)OP(=O)(O)OP(=O)(O)O)[C@@H](O)[C@H]1F. The van der Waals surface area contributed by atoms with Gasteiger partial charge in [0.05, 0.1) is 24.6 Å². The van der Waals surface area contributed by atoms with Crippen LogP contribution in [0, 0.1) is 0 Å². The molecule has 0 bridgehead atoms. The Kier molecular flexibility index (Phi) is 12.2. The number of anilines is 2. The van der Waals surface area contributed by atoms with E-state index >= 15 is 4.39 Å². The largest absolute Gasteiger partial charge is 0.490 e. The number of alkyl halides is 2. The van der Waals surface area contributed by atoms with Crippen molar-refractivity contribution in [3.63, 3.8) is 0 Å². The molecule has 0 saturated carbocycles. The van der Waals surface area contributed by atoms with E-state index in [1.165, 1.54) is 41.3 Å². The summed E-state index contributed by atoms with van der Waals surface area (Å²) in [5.74, 6) is 0.357. The molecule has 53 heavy (non-hydrogen) atoms. The predicted octanol–water partition coefficient (Wildman–Crippen LogP) is 0.221. The van der Waals surface area contributed by atoms with Crippen LogP contribution >= 0.6 is 23.5 Å². The molecule has 10 atom stereocenters. The summed E-state index contributed by atoms with van der Waals surface area (Å²) in [6, 6.07) is 6.19. The van der Waals surface area contributed by atoms with E-state index in [2.05, 4.69) is 33.3 Å². The maximum absolute atomic E-state index is 15.0. The Morgan fingerprint density at radius 1 is 0.792 bits per heavy atom. The van der Waals surface area contributed by atoms with Gasteiger partial charge in [-0.05, 0) is 38.1 Å². The summed E-state index contributed by atoms with van der Waals surface area (Å²) in [6.45, 7) is 1.29. The quantitative estimate of drug-likeness (QED) is 0.0966. The summed E-state index contributed by atoms with van der Waals surface area (Å²) in [6.07, 6.45) is -7.24. The van der Waals surface area contributed by atoms with Gasteiger partial charge in [0.15, 0.2) is 24.0 Å². The molecule has 23 nitrogen and oxygen atoms in total. The number of nitrogens with two attached hydrogens (primary N) is 2. The Morgan fingerprint density at radius 3 is 1.64 bits per heavy atom. The van der Waals surface area contributed by atoms with Crippen molar-refractivity contribution in [3.8, 4) is 0 Å². The van der Waals surface area contributed by atoms with Gasteiger partial charge in [-0.2, -0.15) is 18.8 Å². The Bertz CT molecular complexity index is 2090. The molecule has 6 heterocycles. The zero-order valence-corrected chi connectivity index (χ0v) is 29.4. The lowest BCUT2D eigenvalue weighted by atomic mass is 9.94. The van der Waals surface area contributed by atoms with Gasteiger partial charge in [-0.15, -0.1) is 0 Å². The van der Waals surface area contributed by atoms with E-state index in [4.69, 9.17) is 40.7 Å². The van der Waals surface area contributed by atoms with Gasteiger partial charge in [0.2, 0.25) is 0 Å². The highest BCUT2D eigenvalue weighted by Gasteiger charge is 2.56. The molecular weight excluding hydrogens is 783 g/mol. The molecule has 11 N–H and O–H groups in total. The molecule has 0 spiro atoms. The molecule has 6 rings (SSSR count). The number of nitrogen functional groups attached to an aromatic ring is 2. The summed E-state index contributed by atoms with van der Waals surface area (Å²) in [5, 5.41) is 37.1. The summed E-state index contributed by atoms with van der Waals surface area (Å²) in [7, 11) is -16.8. The molecule has 2 aliphatic heterocycles. The fourth-order valence-electron chi connectivity index (χ4n) is 5.74. The number of hydrogen-bond donors (Lipinski definition) is 9. The van der Waals surface area contributed by atoms with Crippen molar-refractivity contribution in [2.75, 3.05) is 24.7 Å². The Hall–Kier alpha value is -3.09. The first-order valence-electron chi connectivity index (χ1n) is 14.6. The average molecular weight is 821 g/mol. The Labute approximate surface area is 297 Å². The van der Waals surface area contributed by atoms with Crippen molar-refractivity contribution >= 4 is 46.1 Å². The molecule has 28 heteroatoms. The number of phosphoric acid groups is 3. The van der Waals surface area contributed by atoms with E-state index in [9.17, 15) is 33.2 Å². The second kappa shape index (κ2) is 15.2. The van der Waals surface area contributed by atoms with Crippen LogP contribution in [0.2, 0.25) is 0 Å². The number of ether oxygens (including phenoxy) is 2. The number of aliphatic hydroxyl groups is 3. The van der Waals surface area contributed by atoms with E-state index < -0.39 is 84.6 Å². The van der Waals surface area contributed by atoms with Gasteiger partial charge in [0, 0.05) is 0 Å². The van der Waals surface area contributed by atoms with Crippen molar-refractivity contribution in [1.82, 2.24) is 29.2 Å². The van der Waals surface area contributed by atoms with Crippen molar-refractivity contribution in [3.05, 3.63) is 48.3 Å². The monoisotopic (exact) mass is 820 g/mol. The van der Waals surface area contributed by atoms with Crippen LogP contribution < -0.4 is 11.5 Å². The van der Waals surface area contributed by atoms with E-state index in [-0.39, 0.29) is 24.8 Å². The van der Waals surface area contributed by atoms with E-state index in [0.717, 1.165) is 6.33 Å². The summed E-state index contributed by atoms with van der Waals surface area (Å²) in [4.78, 5) is 43.3. The van der Waals surface area contributed by atoms with Crippen LogP contribution in [0.4, 0.5) is 20.4 Å². The molecule has 0 aromatic carbocycles. The molecule has 4 aromatic heterocycles. The van der Waals surface area contributed by atoms with Crippen LogP contribution in [-0.2, 0) is 47.5 Å². The smallest absolute Gasteiger partial charge is 0.394 e. The number of aliphatic hydroxyl groups excluding tert-OH is 3. The van der Waals surface area contributed by atoms with Crippen molar-refractivity contribution in [1.29, 1.82) is 0 Å². The second-order valence-corrected chi connectivity index (χ2v) is 16.1. The first kappa shape index (κ1) is 42.6. The number of rotatable bonds is 10. The van der Waals surface area contributed by atoms with Gasteiger partial charge >= 0.3 is 23.5 Å². The lowest BCUT2D eigenvalue weighted by Crippen LogP contribution is -2.36. The fourth-order valence-corrected chi connectivity index (χ4v) is 8.77. The molecule has 2 fully saturated rings. The first-order valence-corrected chi connectivity index (χ1v) is 19.1. The third-order valence-corrected chi connectivity index (χ3v) is 12.0. The van der Waals surface area contributed by atoms with Crippen LogP contribution in [0.5, 0.6) is 0 Å². The van der Waals surface area contributed by atoms with Crippen LogP contribution in [0.15, 0.2) is 36.9 Å². The minimum absolute atomic E-state index is 0. The van der Waals surface area contributed by atoms with Crippen molar-refractivity contribution in [2.24, 2.45) is 0 Å². The maximum Gasteiger partial charge on any atom is 0.490 e. The number of halogens is 2. The summed E-state index contributed by atoms with van der Waals surface area (Å²) in [5.41, 5.74) is 9.59. The van der Waals surface area contributed by atoms with Crippen LogP contribution in [0.1, 0.15) is 32.7 Å². The molecule has 0 radical (unpaired) electrons. The number of fused-ring (bicyclic) bond motifs is 2. The standard InChI is InChI=1S/C12H18FN4O12P3.C12H15FN4O3.CH4/c1-12(8-3-2-6-11(14)15-5-16-17(6)8)10(13)9(18)7(27-12)4-26-31(22,23)29-32(24,25)28-30(19,20)21;1-12(10(13)9(19)7(4-18)20-12)8-3-2-6-11(14)15-5-16-17(6)8;/h2-3,5,7,9-10,18H,4H2,1H3,(H,22,23)(H,24,25)(H2,14,15,16)(H2,19,20,21);2-3,5,7,9-10,18-19H,4H2,1H3,(H2,14,15,16);1H4/t2*7-,9-,10-,12+;/m11./s1. The summed E-state index contributed by atoms with van der Waals surface area (Å²) < 4.78 is 88.5. The van der Waals surface area contributed by atoms with Crippen LogP contribution in [0.3, 0.4) is 0 Å². The molecule has 296 valence electrons. The van der Waals surface area contributed by atoms with Crippen LogP contribution in [0.25, 0.3) is 11.0 Å². The van der Waals surface area contributed by atoms with Gasteiger partial charge in [0.25, 0.3) is 0 Å². The van der Waals surface area contributed by atoms with Gasteiger partial charge in [-0.1, -0.05) is 7.43 Å². The maximum atomic E-state index is 15.0. The molecule has 2 unspecified atom stereocenters. The Morgan fingerprint density at radius 2 is 1.23 bits per heavy atom. The molecule has 4 aromatic rings. The zero-order valence-electron chi connectivity index (χ0n) is 26.7. The minimum Gasteiger partial charge on any atom is -0.394 e. The number of phosphoric ester groups is 1. The number of hydrogen-bond acceptors (Lipinski definition) is 17. The van der Waals surface area contributed by atoms with E-state index in [1.807, 2.05) is 0 Å². The highest BCUT2D eigenvalue weighted by molar-refractivity contribution is 7.66. The lowest BCUT2D eigenvalue weighted by molar-refractivity contribution is -0.0780. The average Bonchev–Trinajstić information content (AvgIpc) is 3.78. The fraction of sp³-hybridized carbons (Fsp3) is 0.520.